The van der Waals surface area contributed by atoms with Crippen molar-refractivity contribution >= 4 is 5.78 Å². The summed E-state index contributed by atoms with van der Waals surface area (Å²) in [7, 11) is 0. The zero-order chi connectivity index (χ0) is 22.5. The van der Waals surface area contributed by atoms with Gasteiger partial charge >= 0.3 is 0 Å². The highest BCUT2D eigenvalue weighted by Gasteiger charge is 2.28. The fourth-order valence-corrected chi connectivity index (χ4v) is 5.69. The Hall–Kier alpha value is -2.71. The van der Waals surface area contributed by atoms with Crippen molar-refractivity contribution in [2.45, 2.75) is 50.9 Å². The summed E-state index contributed by atoms with van der Waals surface area (Å²) in [6.45, 7) is 3.37. The van der Waals surface area contributed by atoms with Crippen LogP contribution in [0.3, 0.4) is 0 Å². The molecule has 3 aromatic rings. The topological polar surface area (TPSA) is 20.3 Å². The number of rotatable bonds is 7. The van der Waals surface area contributed by atoms with Crippen molar-refractivity contribution in [3.63, 3.8) is 0 Å². The van der Waals surface area contributed by atoms with Gasteiger partial charge in [0.15, 0.2) is 5.78 Å². The summed E-state index contributed by atoms with van der Waals surface area (Å²) in [4.78, 5) is 15.8. The first kappa shape index (κ1) is 22.1. The number of ketones is 1. The van der Waals surface area contributed by atoms with Crippen LogP contribution in [0.4, 0.5) is 0 Å². The summed E-state index contributed by atoms with van der Waals surface area (Å²) in [6, 6.07) is 28.2. The van der Waals surface area contributed by atoms with E-state index in [1.165, 1.54) is 35.1 Å². The summed E-state index contributed by atoms with van der Waals surface area (Å²) in [5.74, 6) is 1.27. The smallest absolute Gasteiger partial charge is 0.166 e. The first-order valence-electron chi connectivity index (χ1n) is 12.7. The standard InChI is InChI=1S/C31H35NO/c33-31-28(19-22-32-20-17-27(18-21-32)26-9-5-2-6-10-26)14-15-29-23-25(13-16-30(29)31)12-11-24-7-3-1-4-8-24/h1-10,13,16,23,27-28H,11-12,14-15,17-22H2. The van der Waals surface area contributed by atoms with Crippen LogP contribution >= 0.6 is 0 Å². The van der Waals surface area contributed by atoms with Crippen LogP contribution in [0.15, 0.2) is 78.9 Å². The molecule has 2 heteroatoms. The van der Waals surface area contributed by atoms with Gasteiger partial charge in [-0.1, -0.05) is 78.9 Å². The van der Waals surface area contributed by atoms with E-state index in [1.807, 2.05) is 0 Å². The Kier molecular flexibility index (Phi) is 7.02. The van der Waals surface area contributed by atoms with Crippen LogP contribution in [0.5, 0.6) is 0 Å². The zero-order valence-electron chi connectivity index (χ0n) is 19.6. The van der Waals surface area contributed by atoms with E-state index in [-0.39, 0.29) is 5.92 Å². The van der Waals surface area contributed by atoms with Gasteiger partial charge in [0.05, 0.1) is 0 Å². The van der Waals surface area contributed by atoms with Gasteiger partial charge in [0, 0.05) is 11.5 Å². The molecule has 1 aliphatic heterocycles. The number of hydrogen-bond acceptors (Lipinski definition) is 2. The quantitative estimate of drug-likeness (QED) is 0.421. The second-order valence-corrected chi connectivity index (χ2v) is 9.89. The largest absolute Gasteiger partial charge is 0.303 e. The normalized spacial score (nSPS) is 19.4. The van der Waals surface area contributed by atoms with Crippen molar-refractivity contribution in [2.24, 2.45) is 5.92 Å². The molecule has 33 heavy (non-hydrogen) atoms. The zero-order valence-corrected chi connectivity index (χ0v) is 19.6. The Morgan fingerprint density at radius 3 is 2.21 bits per heavy atom. The van der Waals surface area contributed by atoms with E-state index in [0.717, 1.165) is 57.3 Å². The highest BCUT2D eigenvalue weighted by atomic mass is 16.1. The number of Topliss-reactive ketones (excluding diaryl/α,β-unsaturated/α-hetero) is 1. The third kappa shape index (κ3) is 5.45. The second kappa shape index (κ2) is 10.5. The molecule has 1 fully saturated rings. The maximum Gasteiger partial charge on any atom is 0.166 e. The van der Waals surface area contributed by atoms with Gasteiger partial charge in [0.1, 0.15) is 0 Å². The van der Waals surface area contributed by atoms with E-state index in [2.05, 4.69) is 83.8 Å². The lowest BCUT2D eigenvalue weighted by atomic mass is 9.80. The first-order chi connectivity index (χ1) is 16.3. The molecular formula is C31H35NO. The summed E-state index contributed by atoms with van der Waals surface area (Å²) in [5.41, 5.74) is 6.46. The number of aryl methyl sites for hydroxylation is 3. The summed E-state index contributed by atoms with van der Waals surface area (Å²) < 4.78 is 0. The minimum atomic E-state index is 0.194. The van der Waals surface area contributed by atoms with Crippen molar-refractivity contribution in [2.75, 3.05) is 19.6 Å². The lowest BCUT2D eigenvalue weighted by Crippen LogP contribution is -2.35. The number of carbonyl (C=O) groups is 1. The van der Waals surface area contributed by atoms with E-state index in [1.54, 1.807) is 0 Å². The molecule has 0 spiro atoms. The molecule has 0 aromatic heterocycles. The Bertz CT molecular complexity index is 1050. The summed E-state index contributed by atoms with van der Waals surface area (Å²) in [5, 5.41) is 0. The van der Waals surface area contributed by atoms with E-state index in [9.17, 15) is 4.79 Å². The van der Waals surface area contributed by atoms with Crippen molar-refractivity contribution in [3.8, 4) is 0 Å². The highest BCUT2D eigenvalue weighted by Crippen LogP contribution is 2.31. The molecule has 2 nitrogen and oxygen atoms in total. The maximum atomic E-state index is 13.2. The van der Waals surface area contributed by atoms with Crippen molar-refractivity contribution in [1.82, 2.24) is 4.90 Å². The van der Waals surface area contributed by atoms with Gasteiger partial charge < -0.3 is 4.90 Å². The molecule has 0 bridgehead atoms. The van der Waals surface area contributed by atoms with Gasteiger partial charge in [0.2, 0.25) is 0 Å². The number of piperidine rings is 1. The molecule has 1 atom stereocenters. The monoisotopic (exact) mass is 437 g/mol. The molecule has 2 aliphatic rings. The molecule has 1 saturated heterocycles. The van der Waals surface area contributed by atoms with Gasteiger partial charge in [-0.2, -0.15) is 0 Å². The van der Waals surface area contributed by atoms with Crippen LogP contribution < -0.4 is 0 Å². The predicted octanol–water partition coefficient (Wildman–Crippen LogP) is 6.49. The molecule has 5 rings (SSSR count). The van der Waals surface area contributed by atoms with Crippen LogP contribution in [0.2, 0.25) is 0 Å². The molecule has 1 aliphatic carbocycles. The number of benzene rings is 3. The molecule has 0 N–H and O–H groups in total. The fraction of sp³-hybridized carbons (Fsp3) is 0.387. The minimum Gasteiger partial charge on any atom is -0.303 e. The molecular weight excluding hydrogens is 402 g/mol. The molecule has 0 radical (unpaired) electrons. The number of fused-ring (bicyclic) bond motifs is 1. The van der Waals surface area contributed by atoms with Crippen LogP contribution in [-0.2, 0) is 19.3 Å². The number of carbonyl (C=O) groups excluding carboxylic acids is 1. The Labute approximate surface area is 198 Å². The minimum absolute atomic E-state index is 0.194. The van der Waals surface area contributed by atoms with E-state index in [0.29, 0.717) is 11.7 Å². The Balaban J connectivity index is 1.12. The van der Waals surface area contributed by atoms with Crippen molar-refractivity contribution < 1.29 is 4.79 Å². The van der Waals surface area contributed by atoms with Crippen molar-refractivity contribution in [3.05, 3.63) is 107 Å². The van der Waals surface area contributed by atoms with Gasteiger partial charge in [-0.3, -0.25) is 4.79 Å². The summed E-state index contributed by atoms with van der Waals surface area (Å²) in [6.07, 6.45) is 7.61. The molecule has 1 heterocycles. The molecule has 3 aromatic carbocycles. The lowest BCUT2D eigenvalue weighted by Gasteiger charge is -2.33. The Morgan fingerprint density at radius 2 is 1.45 bits per heavy atom. The molecule has 170 valence electrons. The van der Waals surface area contributed by atoms with Gasteiger partial charge in [0.25, 0.3) is 0 Å². The average molecular weight is 438 g/mol. The van der Waals surface area contributed by atoms with E-state index in [4.69, 9.17) is 0 Å². The number of likely N-dealkylation sites (tertiary alicyclic amines) is 1. The SMILES string of the molecule is O=C1c2ccc(CCc3ccccc3)cc2CCC1CCN1CCC(c2ccccc2)CC1. The molecule has 1 unspecified atom stereocenters. The van der Waals surface area contributed by atoms with Gasteiger partial charge in [-0.25, -0.2) is 0 Å². The maximum absolute atomic E-state index is 13.2. The highest BCUT2D eigenvalue weighted by molar-refractivity contribution is 6.00. The summed E-state index contributed by atoms with van der Waals surface area (Å²) >= 11 is 0. The van der Waals surface area contributed by atoms with Crippen molar-refractivity contribution in [1.29, 1.82) is 0 Å². The van der Waals surface area contributed by atoms with Crippen LogP contribution in [0, 0.1) is 5.92 Å². The number of hydrogen-bond donors (Lipinski definition) is 0. The van der Waals surface area contributed by atoms with Crippen LogP contribution in [0.25, 0.3) is 0 Å². The van der Waals surface area contributed by atoms with Crippen LogP contribution in [-0.4, -0.2) is 30.3 Å². The average Bonchev–Trinajstić information content (AvgIpc) is 2.88. The van der Waals surface area contributed by atoms with E-state index >= 15 is 0 Å². The first-order valence-corrected chi connectivity index (χ1v) is 12.7. The molecule has 0 amide bonds. The third-order valence-corrected chi connectivity index (χ3v) is 7.77. The predicted molar refractivity (Wildman–Crippen MR) is 136 cm³/mol. The lowest BCUT2D eigenvalue weighted by molar-refractivity contribution is 0.0877. The second-order valence-electron chi connectivity index (χ2n) is 9.89. The van der Waals surface area contributed by atoms with Gasteiger partial charge in [-0.15, -0.1) is 0 Å². The number of nitrogens with zero attached hydrogens (tertiary/aromatic N) is 1. The third-order valence-electron chi connectivity index (χ3n) is 7.77. The fourth-order valence-electron chi connectivity index (χ4n) is 5.69. The van der Waals surface area contributed by atoms with E-state index < -0.39 is 0 Å². The van der Waals surface area contributed by atoms with Crippen LogP contribution in [0.1, 0.15) is 64.2 Å². The Morgan fingerprint density at radius 1 is 0.758 bits per heavy atom. The van der Waals surface area contributed by atoms with Gasteiger partial charge in [-0.05, 0) is 92.8 Å². The molecule has 0 saturated carbocycles.